The van der Waals surface area contributed by atoms with E-state index in [1.807, 2.05) is 0 Å². The number of rotatable bonds is 3. The predicted octanol–water partition coefficient (Wildman–Crippen LogP) is 4.00. The molecule has 4 rings (SSSR count). The normalized spacial score (nSPS) is 54.9. The van der Waals surface area contributed by atoms with E-state index < -0.39 is 0 Å². The van der Waals surface area contributed by atoms with Crippen LogP contribution in [-0.2, 0) is 0 Å². The van der Waals surface area contributed by atoms with E-state index in [4.69, 9.17) is 0 Å². The van der Waals surface area contributed by atoms with Crippen LogP contribution in [-0.4, -0.2) is 34.1 Å². The molecule has 0 spiro atoms. The molecular weight excluding hydrogens is 324 g/mol. The fourth-order valence-electron chi connectivity index (χ4n) is 8.58. The van der Waals surface area contributed by atoms with Gasteiger partial charge in [0.15, 0.2) is 0 Å². The predicted molar refractivity (Wildman–Crippen MR) is 103 cm³/mol. The Morgan fingerprint density at radius 1 is 0.923 bits per heavy atom. The van der Waals surface area contributed by atoms with Gasteiger partial charge in [-0.05, 0) is 104 Å². The minimum absolute atomic E-state index is 0.152. The molecule has 3 nitrogen and oxygen atoms in total. The maximum atomic E-state index is 11.2. The molecule has 3 N–H and O–H groups in total. The molecule has 4 aliphatic carbocycles. The van der Waals surface area contributed by atoms with Crippen molar-refractivity contribution in [1.82, 2.24) is 0 Å². The quantitative estimate of drug-likeness (QED) is 0.709. The zero-order valence-corrected chi connectivity index (χ0v) is 17.0. The van der Waals surface area contributed by atoms with Crippen molar-refractivity contribution in [2.75, 3.05) is 6.61 Å². The largest absolute Gasteiger partial charge is 0.396 e. The molecule has 10 atom stereocenters. The molecule has 4 fully saturated rings. The summed E-state index contributed by atoms with van der Waals surface area (Å²) in [4.78, 5) is 0. The van der Waals surface area contributed by atoms with Gasteiger partial charge in [-0.2, -0.15) is 0 Å². The van der Waals surface area contributed by atoms with E-state index in [0.29, 0.717) is 52.9 Å². The number of hydrogen-bond acceptors (Lipinski definition) is 3. The van der Waals surface area contributed by atoms with E-state index in [2.05, 4.69) is 20.8 Å². The van der Waals surface area contributed by atoms with Crippen LogP contribution in [0.3, 0.4) is 0 Å². The van der Waals surface area contributed by atoms with Gasteiger partial charge in [0.25, 0.3) is 0 Å². The summed E-state index contributed by atoms with van der Waals surface area (Å²) in [5.74, 6) is 3.52. The third-order valence-electron chi connectivity index (χ3n) is 10.0. The van der Waals surface area contributed by atoms with Crippen molar-refractivity contribution < 1.29 is 15.3 Å². The van der Waals surface area contributed by atoms with Crippen molar-refractivity contribution in [3.05, 3.63) is 0 Å². The Kier molecular flexibility index (Phi) is 4.98. The van der Waals surface area contributed by atoms with E-state index in [-0.39, 0.29) is 12.2 Å². The van der Waals surface area contributed by atoms with Crippen LogP contribution >= 0.6 is 0 Å². The Labute approximate surface area is 159 Å². The second-order valence-corrected chi connectivity index (χ2v) is 10.9. The maximum absolute atomic E-state index is 11.2. The highest BCUT2D eigenvalue weighted by Crippen LogP contribution is 2.68. The van der Waals surface area contributed by atoms with Crippen molar-refractivity contribution in [2.24, 2.45) is 46.3 Å². The van der Waals surface area contributed by atoms with Crippen LogP contribution in [0.15, 0.2) is 0 Å². The van der Waals surface area contributed by atoms with Crippen molar-refractivity contribution in [3.63, 3.8) is 0 Å². The van der Waals surface area contributed by atoms with E-state index in [0.717, 1.165) is 32.1 Å². The molecule has 0 aliphatic heterocycles. The molecule has 3 heteroatoms. The molecule has 0 amide bonds. The number of fused-ring (bicyclic) bond motifs is 5. The third-order valence-corrected chi connectivity index (χ3v) is 10.0. The molecule has 0 radical (unpaired) electrons. The second-order valence-electron chi connectivity index (χ2n) is 10.9. The van der Waals surface area contributed by atoms with E-state index in [1.54, 1.807) is 0 Å². The molecule has 4 aliphatic rings. The Hall–Kier alpha value is -0.120. The maximum Gasteiger partial charge on any atom is 0.0577 e. The number of hydrogen-bond donors (Lipinski definition) is 3. The van der Waals surface area contributed by atoms with Crippen LogP contribution in [0.2, 0.25) is 0 Å². The molecule has 150 valence electrons. The molecule has 0 saturated heterocycles. The van der Waals surface area contributed by atoms with Gasteiger partial charge in [-0.25, -0.2) is 0 Å². The number of aliphatic hydroxyl groups is 3. The summed E-state index contributed by atoms with van der Waals surface area (Å²) in [5, 5.41) is 30.8. The summed E-state index contributed by atoms with van der Waals surface area (Å²) < 4.78 is 0. The Balaban J connectivity index is 1.61. The van der Waals surface area contributed by atoms with Crippen LogP contribution in [0.25, 0.3) is 0 Å². The average molecular weight is 365 g/mol. The molecule has 0 heterocycles. The molecule has 0 bridgehead atoms. The van der Waals surface area contributed by atoms with E-state index in [1.165, 1.54) is 25.7 Å². The third kappa shape index (κ3) is 2.71. The Bertz CT molecular complexity index is 522. The van der Waals surface area contributed by atoms with Gasteiger partial charge in [0.1, 0.15) is 0 Å². The lowest BCUT2D eigenvalue weighted by molar-refractivity contribution is -0.174. The highest BCUT2D eigenvalue weighted by molar-refractivity contribution is 5.11. The van der Waals surface area contributed by atoms with Crippen LogP contribution in [0.5, 0.6) is 0 Å². The smallest absolute Gasteiger partial charge is 0.0577 e. The molecule has 26 heavy (non-hydrogen) atoms. The van der Waals surface area contributed by atoms with Crippen LogP contribution in [0.1, 0.15) is 78.6 Å². The Morgan fingerprint density at radius 3 is 2.35 bits per heavy atom. The van der Waals surface area contributed by atoms with Crippen LogP contribution in [0, 0.1) is 46.3 Å². The molecule has 0 aromatic rings. The first-order chi connectivity index (χ1) is 12.3. The Morgan fingerprint density at radius 2 is 1.62 bits per heavy atom. The number of aliphatic hydroxyl groups excluding tert-OH is 3. The van der Waals surface area contributed by atoms with E-state index in [9.17, 15) is 15.3 Å². The molecule has 0 aromatic carbocycles. The van der Waals surface area contributed by atoms with Crippen molar-refractivity contribution in [3.8, 4) is 0 Å². The highest BCUT2D eigenvalue weighted by atomic mass is 16.3. The van der Waals surface area contributed by atoms with E-state index >= 15 is 0 Å². The lowest BCUT2D eigenvalue weighted by Crippen LogP contribution is -2.58. The lowest BCUT2D eigenvalue weighted by Gasteiger charge is -2.62. The molecule has 4 unspecified atom stereocenters. The first kappa shape index (κ1) is 19.2. The summed E-state index contributed by atoms with van der Waals surface area (Å²) in [7, 11) is 0. The second kappa shape index (κ2) is 6.74. The zero-order chi connectivity index (χ0) is 18.7. The lowest BCUT2D eigenvalue weighted by atomic mass is 9.43. The van der Waals surface area contributed by atoms with Gasteiger partial charge >= 0.3 is 0 Å². The topological polar surface area (TPSA) is 60.7 Å². The van der Waals surface area contributed by atoms with Gasteiger partial charge in [0, 0.05) is 6.61 Å². The summed E-state index contributed by atoms with van der Waals surface area (Å²) in [6.07, 6.45) is 9.55. The zero-order valence-electron chi connectivity index (χ0n) is 17.0. The first-order valence-corrected chi connectivity index (χ1v) is 11.3. The van der Waals surface area contributed by atoms with Crippen molar-refractivity contribution in [1.29, 1.82) is 0 Å². The SMILES string of the molecule is C[C@H](CCO)[C@H]1CCC2C3C(O)C[C@@H]4C[C@H](O)CC[C@]4(C)C3CC[C@@]21C. The van der Waals surface area contributed by atoms with Crippen LogP contribution < -0.4 is 0 Å². The summed E-state index contributed by atoms with van der Waals surface area (Å²) >= 11 is 0. The standard InChI is InChI=1S/C23H40O3/c1-14(8-11-24)17-4-5-18-21-19(7-10-23(17,18)3)22(2)9-6-16(25)12-15(22)13-20(21)26/h14-21,24-26H,4-13H2,1-3H3/t14-,15+,16-,17-,18?,19?,20?,21?,22+,23-/m1/s1. The minimum atomic E-state index is -0.181. The molecule has 0 aromatic heterocycles. The monoisotopic (exact) mass is 364 g/mol. The van der Waals surface area contributed by atoms with Gasteiger partial charge in [0.05, 0.1) is 12.2 Å². The molecule has 4 saturated carbocycles. The fourth-order valence-corrected chi connectivity index (χ4v) is 8.58. The molecular formula is C23H40O3. The first-order valence-electron chi connectivity index (χ1n) is 11.3. The van der Waals surface area contributed by atoms with Gasteiger partial charge in [-0.15, -0.1) is 0 Å². The minimum Gasteiger partial charge on any atom is -0.396 e. The van der Waals surface area contributed by atoms with Crippen molar-refractivity contribution in [2.45, 2.75) is 90.8 Å². The van der Waals surface area contributed by atoms with Gasteiger partial charge in [-0.3, -0.25) is 0 Å². The van der Waals surface area contributed by atoms with Gasteiger partial charge in [0.2, 0.25) is 0 Å². The average Bonchev–Trinajstić information content (AvgIpc) is 2.94. The summed E-state index contributed by atoms with van der Waals surface area (Å²) in [6, 6.07) is 0. The fraction of sp³-hybridized carbons (Fsp3) is 1.00. The van der Waals surface area contributed by atoms with Gasteiger partial charge in [-0.1, -0.05) is 20.8 Å². The summed E-state index contributed by atoms with van der Waals surface area (Å²) in [5.41, 5.74) is 0.660. The van der Waals surface area contributed by atoms with Crippen molar-refractivity contribution >= 4 is 0 Å². The van der Waals surface area contributed by atoms with Crippen LogP contribution in [0.4, 0.5) is 0 Å². The van der Waals surface area contributed by atoms with Gasteiger partial charge < -0.3 is 15.3 Å². The highest BCUT2D eigenvalue weighted by Gasteiger charge is 2.62. The summed E-state index contributed by atoms with van der Waals surface area (Å²) in [6.45, 7) is 7.62.